The number of esters is 1. The molecule has 0 fully saturated rings. The Morgan fingerprint density at radius 1 is 1.00 bits per heavy atom. The number of rotatable bonds is 7. The van der Waals surface area contributed by atoms with Gasteiger partial charge in [0.15, 0.2) is 0 Å². The van der Waals surface area contributed by atoms with Crippen LogP contribution in [-0.2, 0) is 4.74 Å². The van der Waals surface area contributed by atoms with Gasteiger partial charge in [-0.3, -0.25) is 0 Å². The van der Waals surface area contributed by atoms with E-state index >= 15 is 0 Å². The number of hydrogen-bond acceptors (Lipinski definition) is 4. The first-order chi connectivity index (χ1) is 14.7. The van der Waals surface area contributed by atoms with Crippen LogP contribution < -0.4 is 4.74 Å². The molecule has 152 valence electrons. The molecule has 0 spiro atoms. The molecule has 0 aliphatic rings. The van der Waals surface area contributed by atoms with Crippen molar-refractivity contribution in [1.82, 2.24) is 9.78 Å². The second kappa shape index (κ2) is 8.82. The average molecular weight is 400 g/mol. The lowest BCUT2D eigenvalue weighted by Crippen LogP contribution is -2.08. The summed E-state index contributed by atoms with van der Waals surface area (Å²) in [5.41, 5.74) is 3.52. The average Bonchev–Trinajstić information content (AvgIpc) is 3.23. The van der Waals surface area contributed by atoms with Crippen LogP contribution in [0.25, 0.3) is 16.6 Å². The number of aromatic nitrogens is 2. The monoisotopic (exact) mass is 400 g/mol. The highest BCUT2D eigenvalue weighted by Gasteiger charge is 2.14. The maximum atomic E-state index is 11.7. The second-order valence-corrected chi connectivity index (χ2v) is 7.14. The van der Waals surface area contributed by atoms with Gasteiger partial charge in [0.1, 0.15) is 11.9 Å². The fourth-order valence-corrected chi connectivity index (χ4v) is 3.45. The summed E-state index contributed by atoms with van der Waals surface area (Å²) in [7, 11) is 1.38. The van der Waals surface area contributed by atoms with Gasteiger partial charge in [-0.25, -0.2) is 9.48 Å². The first-order valence-electron chi connectivity index (χ1n) is 10.1. The maximum Gasteiger partial charge on any atom is 0.337 e. The van der Waals surface area contributed by atoms with Gasteiger partial charge in [-0.2, -0.15) is 5.10 Å². The predicted molar refractivity (Wildman–Crippen MR) is 117 cm³/mol. The maximum absolute atomic E-state index is 11.7. The second-order valence-electron chi connectivity index (χ2n) is 7.14. The van der Waals surface area contributed by atoms with E-state index in [1.165, 1.54) is 7.11 Å². The summed E-state index contributed by atoms with van der Waals surface area (Å²) in [4.78, 5) is 11.7. The van der Waals surface area contributed by atoms with Crippen LogP contribution in [0.15, 0.2) is 79.0 Å². The molecule has 0 saturated carbocycles. The SMILES string of the molecule is CCC[C@@H](Oc1ccc(-n2cc3ccccc3n2)cc1)c1ccc(C(=O)OC)cc1. The van der Waals surface area contributed by atoms with Crippen LogP contribution in [0, 0.1) is 0 Å². The van der Waals surface area contributed by atoms with Gasteiger partial charge in [-0.05, 0) is 54.4 Å². The van der Waals surface area contributed by atoms with Crippen molar-refractivity contribution < 1.29 is 14.3 Å². The van der Waals surface area contributed by atoms with E-state index in [0.717, 1.165) is 40.7 Å². The smallest absolute Gasteiger partial charge is 0.337 e. The minimum Gasteiger partial charge on any atom is -0.486 e. The lowest BCUT2D eigenvalue weighted by molar-refractivity contribution is 0.0600. The minimum absolute atomic E-state index is 0.0835. The zero-order chi connectivity index (χ0) is 20.9. The van der Waals surface area contributed by atoms with Gasteiger partial charge in [0, 0.05) is 11.6 Å². The van der Waals surface area contributed by atoms with E-state index in [1.54, 1.807) is 12.1 Å². The number of carbonyl (C=O) groups excluding carboxylic acids is 1. The Bertz CT molecular complexity index is 1100. The number of methoxy groups -OCH3 is 1. The molecule has 3 aromatic carbocycles. The van der Waals surface area contributed by atoms with E-state index in [1.807, 2.05) is 65.5 Å². The molecule has 0 amide bonds. The molecule has 0 bridgehead atoms. The molecule has 0 unspecified atom stereocenters. The van der Waals surface area contributed by atoms with Crippen LogP contribution in [-0.4, -0.2) is 22.9 Å². The van der Waals surface area contributed by atoms with Crippen molar-refractivity contribution in [2.75, 3.05) is 7.11 Å². The van der Waals surface area contributed by atoms with Crippen LogP contribution in [0.1, 0.15) is 41.8 Å². The van der Waals surface area contributed by atoms with Gasteiger partial charge >= 0.3 is 5.97 Å². The summed E-state index contributed by atoms with van der Waals surface area (Å²) < 4.78 is 12.9. The normalized spacial score (nSPS) is 11.9. The van der Waals surface area contributed by atoms with Gasteiger partial charge in [-0.1, -0.05) is 43.7 Å². The molecular formula is C25H24N2O3. The summed E-state index contributed by atoms with van der Waals surface area (Å²) in [6.07, 6.45) is 3.80. The summed E-state index contributed by atoms with van der Waals surface area (Å²) in [5.74, 6) is 0.460. The summed E-state index contributed by atoms with van der Waals surface area (Å²) >= 11 is 0. The third kappa shape index (κ3) is 4.20. The standard InChI is InChI=1S/C25H24N2O3/c1-3-6-24(18-9-11-19(12-10-18)25(28)29-2)30-22-15-13-21(14-16-22)27-17-20-7-4-5-8-23(20)26-27/h4-5,7-17,24H,3,6H2,1-2H3/t24-/m1/s1. The van der Waals surface area contributed by atoms with E-state index in [2.05, 4.69) is 18.1 Å². The molecule has 0 aliphatic heterocycles. The van der Waals surface area contributed by atoms with Gasteiger partial charge in [0.2, 0.25) is 0 Å². The van der Waals surface area contributed by atoms with Crippen molar-refractivity contribution in [1.29, 1.82) is 0 Å². The molecule has 0 aliphatic carbocycles. The Morgan fingerprint density at radius 3 is 2.40 bits per heavy atom. The molecule has 0 N–H and O–H groups in total. The fourth-order valence-electron chi connectivity index (χ4n) is 3.45. The number of ether oxygens (including phenoxy) is 2. The third-order valence-corrected chi connectivity index (χ3v) is 5.05. The molecule has 1 aromatic heterocycles. The van der Waals surface area contributed by atoms with Gasteiger partial charge < -0.3 is 9.47 Å². The minimum atomic E-state index is -0.337. The Balaban J connectivity index is 1.51. The quantitative estimate of drug-likeness (QED) is 0.372. The van der Waals surface area contributed by atoms with Crippen LogP contribution in [0.4, 0.5) is 0 Å². The Morgan fingerprint density at radius 2 is 1.73 bits per heavy atom. The molecular weight excluding hydrogens is 376 g/mol. The first-order valence-corrected chi connectivity index (χ1v) is 10.1. The van der Waals surface area contributed by atoms with Crippen molar-refractivity contribution in [3.63, 3.8) is 0 Å². The molecule has 4 aromatic rings. The van der Waals surface area contributed by atoms with Gasteiger partial charge in [-0.15, -0.1) is 0 Å². The van der Waals surface area contributed by atoms with Crippen LogP contribution in [0.5, 0.6) is 5.75 Å². The molecule has 0 radical (unpaired) electrons. The van der Waals surface area contributed by atoms with E-state index in [9.17, 15) is 4.79 Å². The molecule has 5 nitrogen and oxygen atoms in total. The summed E-state index contributed by atoms with van der Waals surface area (Å²) in [6, 6.07) is 23.4. The van der Waals surface area contributed by atoms with Crippen molar-refractivity contribution >= 4 is 16.9 Å². The van der Waals surface area contributed by atoms with Gasteiger partial charge in [0.25, 0.3) is 0 Å². The topological polar surface area (TPSA) is 53.4 Å². The van der Waals surface area contributed by atoms with Crippen molar-refractivity contribution in [3.05, 3.63) is 90.1 Å². The highest BCUT2D eigenvalue weighted by atomic mass is 16.5. The van der Waals surface area contributed by atoms with Crippen LogP contribution in [0.2, 0.25) is 0 Å². The molecule has 1 atom stereocenters. The molecule has 1 heterocycles. The molecule has 4 rings (SSSR count). The highest BCUT2D eigenvalue weighted by molar-refractivity contribution is 5.89. The summed E-state index contributed by atoms with van der Waals surface area (Å²) in [5, 5.41) is 5.73. The van der Waals surface area contributed by atoms with Gasteiger partial charge in [0.05, 0.1) is 23.9 Å². The van der Waals surface area contributed by atoms with Crippen LogP contribution >= 0.6 is 0 Å². The number of nitrogens with zero attached hydrogens (tertiary/aromatic N) is 2. The van der Waals surface area contributed by atoms with E-state index in [-0.39, 0.29) is 12.1 Å². The largest absolute Gasteiger partial charge is 0.486 e. The zero-order valence-electron chi connectivity index (χ0n) is 17.1. The van der Waals surface area contributed by atoms with Crippen molar-refractivity contribution in [2.24, 2.45) is 0 Å². The molecule has 5 heteroatoms. The van der Waals surface area contributed by atoms with E-state index in [4.69, 9.17) is 9.47 Å². The van der Waals surface area contributed by atoms with Crippen molar-refractivity contribution in [2.45, 2.75) is 25.9 Å². The van der Waals surface area contributed by atoms with Crippen molar-refractivity contribution in [3.8, 4) is 11.4 Å². The number of hydrogen-bond donors (Lipinski definition) is 0. The Kier molecular flexibility index (Phi) is 5.80. The van der Waals surface area contributed by atoms with E-state index in [0.29, 0.717) is 5.56 Å². The summed E-state index contributed by atoms with van der Waals surface area (Å²) in [6.45, 7) is 2.13. The fraction of sp³-hybridized carbons (Fsp3) is 0.200. The zero-order valence-corrected chi connectivity index (χ0v) is 17.1. The molecule has 0 saturated heterocycles. The highest BCUT2D eigenvalue weighted by Crippen LogP contribution is 2.27. The van der Waals surface area contributed by atoms with E-state index < -0.39 is 0 Å². The molecule has 30 heavy (non-hydrogen) atoms. The Labute approximate surface area is 175 Å². The third-order valence-electron chi connectivity index (χ3n) is 5.05. The first kappa shape index (κ1) is 19.7. The lowest BCUT2D eigenvalue weighted by atomic mass is 10.0. The predicted octanol–water partition coefficient (Wildman–Crippen LogP) is 5.73. The number of fused-ring (bicyclic) bond motifs is 1. The number of carbonyl (C=O) groups is 1. The Hall–Kier alpha value is -3.60. The lowest BCUT2D eigenvalue weighted by Gasteiger charge is -2.19. The number of benzene rings is 3. The van der Waals surface area contributed by atoms with Crippen LogP contribution in [0.3, 0.4) is 0 Å².